The van der Waals surface area contributed by atoms with Crippen LogP contribution < -0.4 is 16.4 Å². The predicted molar refractivity (Wildman–Crippen MR) is 140 cm³/mol. The summed E-state index contributed by atoms with van der Waals surface area (Å²) in [6, 6.07) is 9.87. The van der Waals surface area contributed by atoms with Crippen LogP contribution >= 0.6 is 0 Å². The standard InChI is InChI=1S/C27H35F2N5O3/c1-4-19-6-5-7-20(9-19)15-34(27(37)14-32-26(36)8-18(2)33-17-31-3)16-25(35)24(30)12-21-10-22(28)13-23(29)11-21/h5-7,9-11,13,17,24-25,35H,2,4,8,12,14-16,30H2,1,3H3,(H,31,33)(H,32,36). The molecule has 2 atom stereocenters. The molecular formula is C27H35F2N5O3. The van der Waals surface area contributed by atoms with Crippen LogP contribution in [0, 0.1) is 11.6 Å². The molecule has 8 nitrogen and oxygen atoms in total. The van der Waals surface area contributed by atoms with Crippen LogP contribution in [0.5, 0.6) is 0 Å². The van der Waals surface area contributed by atoms with E-state index in [9.17, 15) is 23.5 Å². The average Bonchev–Trinajstić information content (AvgIpc) is 2.85. The van der Waals surface area contributed by atoms with Gasteiger partial charge in [-0.05, 0) is 41.7 Å². The van der Waals surface area contributed by atoms with Crippen LogP contribution in [0.3, 0.4) is 0 Å². The molecule has 37 heavy (non-hydrogen) atoms. The lowest BCUT2D eigenvalue weighted by molar-refractivity contribution is -0.134. The first kappa shape index (κ1) is 29.6. The minimum absolute atomic E-state index is 0.0100. The number of amides is 2. The molecule has 5 N–H and O–H groups in total. The van der Waals surface area contributed by atoms with Crippen molar-refractivity contribution in [3.05, 3.63) is 83.1 Å². The first-order valence-electron chi connectivity index (χ1n) is 12.0. The lowest BCUT2D eigenvalue weighted by atomic mass is 10.0. The highest BCUT2D eigenvalue weighted by Gasteiger charge is 2.23. The summed E-state index contributed by atoms with van der Waals surface area (Å²) in [6.45, 7) is 5.49. The van der Waals surface area contributed by atoms with Crippen molar-refractivity contribution in [1.82, 2.24) is 15.5 Å². The number of carbonyl (C=O) groups excluding carboxylic acids is 2. The number of nitrogens with two attached hydrogens (primary N) is 1. The number of benzene rings is 2. The summed E-state index contributed by atoms with van der Waals surface area (Å²) in [6.07, 6.45) is 0.995. The third-order valence-electron chi connectivity index (χ3n) is 5.63. The second-order valence-electron chi connectivity index (χ2n) is 8.75. The molecule has 0 aliphatic carbocycles. The third kappa shape index (κ3) is 10.5. The van der Waals surface area contributed by atoms with Crippen LogP contribution in [-0.4, -0.2) is 60.4 Å². The van der Waals surface area contributed by atoms with Crippen molar-refractivity contribution in [1.29, 1.82) is 0 Å². The van der Waals surface area contributed by atoms with Crippen LogP contribution in [-0.2, 0) is 29.0 Å². The van der Waals surface area contributed by atoms with Gasteiger partial charge in [0.1, 0.15) is 11.6 Å². The summed E-state index contributed by atoms with van der Waals surface area (Å²) in [5.74, 6) is -2.31. The Kier molecular flexibility index (Phi) is 11.9. The topological polar surface area (TPSA) is 120 Å². The van der Waals surface area contributed by atoms with Crippen LogP contribution in [0.4, 0.5) is 8.78 Å². The summed E-state index contributed by atoms with van der Waals surface area (Å²) in [5.41, 5.74) is 8.78. The molecule has 0 spiro atoms. The van der Waals surface area contributed by atoms with E-state index in [0.717, 1.165) is 35.7 Å². The number of hydrogen-bond donors (Lipinski definition) is 4. The van der Waals surface area contributed by atoms with E-state index in [0.29, 0.717) is 11.3 Å². The second kappa shape index (κ2) is 14.8. The molecule has 2 amide bonds. The molecule has 10 heteroatoms. The predicted octanol–water partition coefficient (Wildman–Crippen LogP) is 2.05. The zero-order chi connectivity index (χ0) is 27.4. The number of hydrogen-bond acceptors (Lipinski definition) is 5. The zero-order valence-electron chi connectivity index (χ0n) is 21.2. The van der Waals surface area contributed by atoms with Crippen molar-refractivity contribution >= 4 is 18.2 Å². The minimum Gasteiger partial charge on any atom is -0.390 e. The van der Waals surface area contributed by atoms with Crippen LogP contribution in [0.25, 0.3) is 0 Å². The summed E-state index contributed by atoms with van der Waals surface area (Å²) in [7, 11) is 1.57. The van der Waals surface area contributed by atoms with E-state index in [1.54, 1.807) is 7.05 Å². The molecule has 200 valence electrons. The Hall–Kier alpha value is -3.63. The van der Waals surface area contributed by atoms with E-state index in [1.807, 2.05) is 31.2 Å². The summed E-state index contributed by atoms with van der Waals surface area (Å²) in [4.78, 5) is 30.4. The van der Waals surface area contributed by atoms with Gasteiger partial charge in [0.25, 0.3) is 0 Å². The van der Waals surface area contributed by atoms with Gasteiger partial charge in [-0.25, -0.2) is 8.78 Å². The monoisotopic (exact) mass is 515 g/mol. The van der Waals surface area contributed by atoms with Gasteiger partial charge in [0.05, 0.1) is 25.4 Å². The number of rotatable bonds is 14. The number of carbonyl (C=O) groups is 2. The SMILES string of the molecule is C=C(CC(=O)NCC(=O)N(Cc1cccc(CC)c1)CC(O)C(N)Cc1cc(F)cc(F)c1)NC=NC. The van der Waals surface area contributed by atoms with Crippen molar-refractivity contribution in [3.8, 4) is 0 Å². The normalized spacial score (nSPS) is 12.7. The molecule has 0 saturated carbocycles. The maximum atomic E-state index is 13.5. The van der Waals surface area contributed by atoms with E-state index in [4.69, 9.17) is 5.73 Å². The molecular weight excluding hydrogens is 480 g/mol. The average molecular weight is 516 g/mol. The lowest BCUT2D eigenvalue weighted by Crippen LogP contribution is -2.48. The fraction of sp³-hybridized carbons (Fsp3) is 0.370. The first-order chi connectivity index (χ1) is 17.6. The highest BCUT2D eigenvalue weighted by atomic mass is 19.1. The van der Waals surface area contributed by atoms with Crippen molar-refractivity contribution < 1.29 is 23.5 Å². The maximum absolute atomic E-state index is 13.5. The van der Waals surface area contributed by atoms with Gasteiger partial charge in [0.2, 0.25) is 11.8 Å². The number of halogens is 2. The second-order valence-corrected chi connectivity index (χ2v) is 8.75. The number of aliphatic hydroxyl groups excluding tert-OH is 1. The van der Waals surface area contributed by atoms with Crippen molar-refractivity contribution in [2.24, 2.45) is 10.7 Å². The number of nitrogens with one attached hydrogen (secondary N) is 2. The van der Waals surface area contributed by atoms with Gasteiger partial charge in [0, 0.05) is 37.9 Å². The molecule has 2 rings (SSSR count). The molecule has 0 saturated heterocycles. The van der Waals surface area contributed by atoms with Gasteiger partial charge >= 0.3 is 0 Å². The molecule has 0 bridgehead atoms. The molecule has 2 aromatic carbocycles. The number of aryl methyl sites for hydroxylation is 1. The Labute approximate surface area is 216 Å². The molecule has 0 aliphatic rings. The van der Waals surface area contributed by atoms with Crippen molar-refractivity contribution in [3.63, 3.8) is 0 Å². The quantitative estimate of drug-likeness (QED) is 0.227. The Morgan fingerprint density at radius 2 is 1.84 bits per heavy atom. The Bertz CT molecular complexity index is 1090. The Morgan fingerprint density at radius 3 is 2.49 bits per heavy atom. The van der Waals surface area contributed by atoms with Gasteiger partial charge in [-0.15, -0.1) is 0 Å². The number of aliphatic imine (C=N–C) groups is 1. The zero-order valence-corrected chi connectivity index (χ0v) is 21.2. The molecule has 0 aromatic heterocycles. The first-order valence-corrected chi connectivity index (χ1v) is 12.0. The lowest BCUT2D eigenvalue weighted by Gasteiger charge is -2.28. The van der Waals surface area contributed by atoms with E-state index >= 15 is 0 Å². The highest BCUT2D eigenvalue weighted by molar-refractivity contribution is 5.86. The largest absolute Gasteiger partial charge is 0.390 e. The maximum Gasteiger partial charge on any atom is 0.242 e. The van der Waals surface area contributed by atoms with E-state index in [-0.39, 0.29) is 32.5 Å². The smallest absolute Gasteiger partial charge is 0.242 e. The number of aliphatic hydroxyl groups is 1. The van der Waals surface area contributed by atoms with Crippen LogP contribution in [0.2, 0.25) is 0 Å². The third-order valence-corrected chi connectivity index (χ3v) is 5.63. The molecule has 0 heterocycles. The van der Waals surface area contributed by atoms with Gasteiger partial charge in [0.15, 0.2) is 0 Å². The molecule has 0 radical (unpaired) electrons. The van der Waals surface area contributed by atoms with Gasteiger partial charge < -0.3 is 26.4 Å². The molecule has 0 fully saturated rings. The van der Waals surface area contributed by atoms with Gasteiger partial charge in [-0.2, -0.15) is 0 Å². The fourth-order valence-corrected chi connectivity index (χ4v) is 3.67. The molecule has 2 aromatic rings. The van der Waals surface area contributed by atoms with E-state index in [2.05, 4.69) is 22.2 Å². The minimum atomic E-state index is -1.18. The summed E-state index contributed by atoms with van der Waals surface area (Å²) >= 11 is 0. The van der Waals surface area contributed by atoms with Crippen LogP contribution in [0.1, 0.15) is 30.0 Å². The summed E-state index contributed by atoms with van der Waals surface area (Å²) < 4.78 is 27.1. The van der Waals surface area contributed by atoms with Gasteiger partial charge in [-0.3, -0.25) is 14.6 Å². The van der Waals surface area contributed by atoms with E-state index < -0.39 is 35.6 Å². The van der Waals surface area contributed by atoms with E-state index in [1.165, 1.54) is 11.2 Å². The van der Waals surface area contributed by atoms with Crippen molar-refractivity contribution in [2.45, 2.75) is 44.9 Å². The van der Waals surface area contributed by atoms with Crippen molar-refractivity contribution in [2.75, 3.05) is 20.1 Å². The fourth-order valence-electron chi connectivity index (χ4n) is 3.67. The highest BCUT2D eigenvalue weighted by Crippen LogP contribution is 2.14. The Balaban J connectivity index is 2.09. The van der Waals surface area contributed by atoms with Crippen LogP contribution in [0.15, 0.2) is 59.7 Å². The number of nitrogens with zero attached hydrogens (tertiary/aromatic N) is 2. The summed E-state index contributed by atoms with van der Waals surface area (Å²) in [5, 5.41) is 16.1. The molecule has 0 aliphatic heterocycles. The molecule has 2 unspecified atom stereocenters. The van der Waals surface area contributed by atoms with Gasteiger partial charge in [-0.1, -0.05) is 37.8 Å². The Morgan fingerprint density at radius 1 is 1.16 bits per heavy atom.